The molecule has 18 heavy (non-hydrogen) atoms. The minimum absolute atomic E-state index is 0.0737. The standard InChI is InChI=1S/C14H17ClN2O/c15-12-8-6-11(7-9-12)10-14(18)17-16-13-4-2-1-3-5-13/h6-9H,1-5,10H2,(H,17,18). The fraction of sp³-hybridized carbons (Fsp3) is 0.429. The Hall–Kier alpha value is -1.35. The lowest BCUT2D eigenvalue weighted by atomic mass is 9.99. The normalized spacial score (nSPS) is 15.3. The van der Waals surface area contributed by atoms with Gasteiger partial charge in [-0.1, -0.05) is 30.2 Å². The molecule has 1 saturated carbocycles. The molecule has 3 nitrogen and oxygen atoms in total. The van der Waals surface area contributed by atoms with Gasteiger partial charge in [0.25, 0.3) is 0 Å². The summed E-state index contributed by atoms with van der Waals surface area (Å²) < 4.78 is 0. The first kappa shape index (κ1) is 13.1. The minimum Gasteiger partial charge on any atom is -0.273 e. The maximum atomic E-state index is 11.7. The smallest absolute Gasteiger partial charge is 0.244 e. The molecule has 1 aliphatic rings. The summed E-state index contributed by atoms with van der Waals surface area (Å²) in [6, 6.07) is 7.29. The Morgan fingerprint density at radius 2 is 1.83 bits per heavy atom. The van der Waals surface area contributed by atoms with Crippen LogP contribution in [0.2, 0.25) is 5.02 Å². The van der Waals surface area contributed by atoms with Crippen molar-refractivity contribution in [2.24, 2.45) is 5.10 Å². The summed E-state index contributed by atoms with van der Waals surface area (Å²) in [5.41, 5.74) is 4.69. The molecule has 0 saturated heterocycles. The molecule has 1 aromatic carbocycles. The van der Waals surface area contributed by atoms with Crippen molar-refractivity contribution in [2.45, 2.75) is 38.5 Å². The van der Waals surface area contributed by atoms with Gasteiger partial charge >= 0.3 is 0 Å². The molecule has 0 heterocycles. The van der Waals surface area contributed by atoms with E-state index in [4.69, 9.17) is 11.6 Å². The van der Waals surface area contributed by atoms with Gasteiger partial charge in [0.15, 0.2) is 0 Å². The number of amides is 1. The summed E-state index contributed by atoms with van der Waals surface area (Å²) in [6.07, 6.45) is 6.02. The largest absolute Gasteiger partial charge is 0.273 e. The van der Waals surface area contributed by atoms with Crippen molar-refractivity contribution < 1.29 is 4.79 Å². The molecule has 0 bridgehead atoms. The predicted molar refractivity (Wildman–Crippen MR) is 73.8 cm³/mol. The average Bonchev–Trinajstić information content (AvgIpc) is 2.40. The van der Waals surface area contributed by atoms with Crippen LogP contribution in [-0.4, -0.2) is 11.6 Å². The summed E-state index contributed by atoms with van der Waals surface area (Å²) in [7, 11) is 0. The van der Waals surface area contributed by atoms with Crippen molar-refractivity contribution in [3.63, 3.8) is 0 Å². The van der Waals surface area contributed by atoms with E-state index in [1.165, 1.54) is 19.3 Å². The maximum Gasteiger partial charge on any atom is 0.244 e. The fourth-order valence-electron chi connectivity index (χ4n) is 2.04. The van der Waals surface area contributed by atoms with Gasteiger partial charge in [-0.25, -0.2) is 5.43 Å². The van der Waals surface area contributed by atoms with Crippen LogP contribution in [0.1, 0.15) is 37.7 Å². The summed E-state index contributed by atoms with van der Waals surface area (Å²) in [6.45, 7) is 0. The SMILES string of the molecule is O=C(Cc1ccc(Cl)cc1)NN=C1CCCCC1. The number of nitrogens with one attached hydrogen (secondary N) is 1. The summed E-state index contributed by atoms with van der Waals surface area (Å²) in [4.78, 5) is 11.7. The number of rotatable bonds is 3. The van der Waals surface area contributed by atoms with Gasteiger partial charge in [-0.3, -0.25) is 4.79 Å². The molecule has 0 aromatic heterocycles. The zero-order valence-electron chi connectivity index (χ0n) is 10.3. The van der Waals surface area contributed by atoms with E-state index in [-0.39, 0.29) is 5.91 Å². The molecule has 0 radical (unpaired) electrons. The molecule has 4 heteroatoms. The quantitative estimate of drug-likeness (QED) is 0.836. The first-order chi connectivity index (χ1) is 8.74. The number of carbonyl (C=O) groups is 1. The Morgan fingerprint density at radius 3 is 2.50 bits per heavy atom. The Bertz CT molecular complexity index is 432. The molecule has 1 fully saturated rings. The van der Waals surface area contributed by atoms with Gasteiger partial charge in [-0.2, -0.15) is 5.10 Å². The number of hydrazone groups is 1. The third kappa shape index (κ3) is 4.15. The van der Waals surface area contributed by atoms with Crippen LogP contribution in [-0.2, 0) is 11.2 Å². The van der Waals surface area contributed by atoms with Crippen molar-refractivity contribution in [3.05, 3.63) is 34.9 Å². The molecule has 0 unspecified atom stereocenters. The van der Waals surface area contributed by atoms with E-state index in [1.54, 1.807) is 12.1 Å². The van der Waals surface area contributed by atoms with E-state index in [0.29, 0.717) is 11.4 Å². The highest BCUT2D eigenvalue weighted by molar-refractivity contribution is 6.30. The Labute approximate surface area is 112 Å². The molecule has 2 rings (SSSR count). The van der Waals surface area contributed by atoms with Gasteiger partial charge in [0, 0.05) is 10.7 Å². The van der Waals surface area contributed by atoms with Gasteiger partial charge in [-0.05, 0) is 43.4 Å². The second-order valence-corrected chi connectivity index (χ2v) is 5.01. The first-order valence-electron chi connectivity index (χ1n) is 6.33. The van der Waals surface area contributed by atoms with Crippen molar-refractivity contribution >= 4 is 23.2 Å². The van der Waals surface area contributed by atoms with E-state index < -0.39 is 0 Å². The van der Waals surface area contributed by atoms with Crippen molar-refractivity contribution in [1.29, 1.82) is 0 Å². The molecule has 1 aromatic rings. The van der Waals surface area contributed by atoms with Gasteiger partial charge in [0.05, 0.1) is 6.42 Å². The number of nitrogens with zero attached hydrogens (tertiary/aromatic N) is 1. The Kier molecular flexibility index (Phi) is 4.76. The number of halogens is 1. The third-order valence-corrected chi connectivity index (χ3v) is 3.30. The lowest BCUT2D eigenvalue weighted by molar-refractivity contribution is -0.120. The molecule has 0 aliphatic heterocycles. The van der Waals surface area contributed by atoms with Crippen LogP contribution in [0.4, 0.5) is 0 Å². The number of hydrogen-bond acceptors (Lipinski definition) is 2. The molecular weight excluding hydrogens is 248 g/mol. The van der Waals surface area contributed by atoms with Crippen LogP contribution in [0, 0.1) is 0 Å². The third-order valence-electron chi connectivity index (χ3n) is 3.05. The van der Waals surface area contributed by atoms with Gasteiger partial charge in [0.2, 0.25) is 5.91 Å². The Balaban J connectivity index is 1.83. The van der Waals surface area contributed by atoms with Crippen LogP contribution in [0.5, 0.6) is 0 Å². The number of benzene rings is 1. The molecule has 1 amide bonds. The molecule has 1 aliphatic carbocycles. The second-order valence-electron chi connectivity index (χ2n) is 4.58. The lowest BCUT2D eigenvalue weighted by Crippen LogP contribution is -2.22. The first-order valence-corrected chi connectivity index (χ1v) is 6.70. The van der Waals surface area contributed by atoms with Crippen LogP contribution in [0.25, 0.3) is 0 Å². The maximum absolute atomic E-state index is 11.7. The van der Waals surface area contributed by atoms with Gasteiger partial charge < -0.3 is 0 Å². The monoisotopic (exact) mass is 264 g/mol. The van der Waals surface area contributed by atoms with Crippen LogP contribution < -0.4 is 5.43 Å². The van der Waals surface area contributed by atoms with Crippen LogP contribution in [0.15, 0.2) is 29.4 Å². The predicted octanol–water partition coefficient (Wildman–Crippen LogP) is 3.32. The van der Waals surface area contributed by atoms with E-state index >= 15 is 0 Å². The van der Waals surface area contributed by atoms with Gasteiger partial charge in [-0.15, -0.1) is 0 Å². The summed E-state index contributed by atoms with van der Waals surface area (Å²) in [5.74, 6) is -0.0737. The topological polar surface area (TPSA) is 41.5 Å². The highest BCUT2D eigenvalue weighted by Crippen LogP contribution is 2.14. The summed E-state index contributed by atoms with van der Waals surface area (Å²) >= 11 is 5.79. The van der Waals surface area contributed by atoms with E-state index in [1.807, 2.05) is 12.1 Å². The summed E-state index contributed by atoms with van der Waals surface area (Å²) in [5, 5.41) is 4.87. The lowest BCUT2D eigenvalue weighted by Gasteiger charge is -2.11. The zero-order chi connectivity index (χ0) is 12.8. The van der Waals surface area contributed by atoms with E-state index in [9.17, 15) is 4.79 Å². The molecule has 0 atom stereocenters. The van der Waals surface area contributed by atoms with E-state index in [0.717, 1.165) is 24.1 Å². The zero-order valence-corrected chi connectivity index (χ0v) is 11.0. The number of carbonyl (C=O) groups excluding carboxylic acids is 1. The highest BCUT2D eigenvalue weighted by atomic mass is 35.5. The van der Waals surface area contributed by atoms with Crippen molar-refractivity contribution in [2.75, 3.05) is 0 Å². The van der Waals surface area contributed by atoms with E-state index in [2.05, 4.69) is 10.5 Å². The highest BCUT2D eigenvalue weighted by Gasteiger charge is 2.08. The van der Waals surface area contributed by atoms with Crippen LogP contribution >= 0.6 is 11.6 Å². The molecule has 1 N–H and O–H groups in total. The average molecular weight is 265 g/mol. The molecular formula is C14H17ClN2O. The Morgan fingerprint density at radius 1 is 1.17 bits per heavy atom. The fourth-order valence-corrected chi connectivity index (χ4v) is 2.17. The number of hydrogen-bond donors (Lipinski definition) is 1. The van der Waals surface area contributed by atoms with Gasteiger partial charge in [0.1, 0.15) is 0 Å². The second kappa shape index (κ2) is 6.55. The van der Waals surface area contributed by atoms with Crippen molar-refractivity contribution in [3.8, 4) is 0 Å². The van der Waals surface area contributed by atoms with Crippen LogP contribution in [0.3, 0.4) is 0 Å². The van der Waals surface area contributed by atoms with Crippen molar-refractivity contribution in [1.82, 2.24) is 5.43 Å². The minimum atomic E-state index is -0.0737. The molecule has 0 spiro atoms. The molecule has 96 valence electrons.